The number of ketones is 1. The minimum atomic E-state index is -4.19. The minimum absolute atomic E-state index is 0.162. The van der Waals surface area contributed by atoms with Gasteiger partial charge in [0.2, 0.25) is 0 Å². The van der Waals surface area contributed by atoms with Gasteiger partial charge < -0.3 is 0 Å². The van der Waals surface area contributed by atoms with Gasteiger partial charge >= 0.3 is 6.18 Å². The molecule has 0 N–H and O–H groups in total. The van der Waals surface area contributed by atoms with Gasteiger partial charge in [0, 0.05) is 12.1 Å². The molecule has 1 unspecified atom stereocenters. The van der Waals surface area contributed by atoms with Crippen LogP contribution in [0.15, 0.2) is 24.3 Å². The molecule has 0 amide bonds. The van der Waals surface area contributed by atoms with Crippen molar-refractivity contribution in [1.29, 1.82) is 0 Å². The van der Waals surface area contributed by atoms with Crippen molar-refractivity contribution in [3.63, 3.8) is 0 Å². The van der Waals surface area contributed by atoms with Gasteiger partial charge in [-0.25, -0.2) is 0 Å². The van der Waals surface area contributed by atoms with Gasteiger partial charge in [0.05, 0.1) is 12.5 Å². The number of rotatable bonds is 5. The second kappa shape index (κ2) is 6.19. The van der Waals surface area contributed by atoms with Crippen LogP contribution in [-0.4, -0.2) is 36.5 Å². The Balaban J connectivity index is 2.63. The molecule has 1 rings (SSSR count). The molecule has 0 saturated heterocycles. The van der Waals surface area contributed by atoms with Crippen LogP contribution < -0.4 is 0 Å². The number of hydrogen-bond acceptors (Lipinski definition) is 2. The highest BCUT2D eigenvalue weighted by molar-refractivity contribution is 5.99. The van der Waals surface area contributed by atoms with E-state index in [4.69, 9.17) is 0 Å². The summed E-state index contributed by atoms with van der Waals surface area (Å²) in [5, 5.41) is 0. The van der Waals surface area contributed by atoms with E-state index in [1.807, 2.05) is 19.1 Å². The van der Waals surface area contributed by atoms with Crippen molar-refractivity contribution in [3.05, 3.63) is 35.4 Å². The first-order valence-electron chi connectivity index (χ1n) is 6.08. The number of carbonyl (C=O) groups is 1. The standard InChI is InChI=1S/C14H18F3NO/c1-10-4-6-12(7-5-10)13(19)11(2)18(3)9-8-14(15,16)17/h4-7,11H,8-9H2,1-3H3. The highest BCUT2D eigenvalue weighted by atomic mass is 19.4. The van der Waals surface area contributed by atoms with E-state index >= 15 is 0 Å². The molecule has 1 aromatic rings. The Kier molecular flexibility index (Phi) is 5.11. The molecule has 0 heterocycles. The summed E-state index contributed by atoms with van der Waals surface area (Å²) in [4.78, 5) is 13.5. The Labute approximate surface area is 111 Å². The van der Waals surface area contributed by atoms with Gasteiger partial charge in [-0.3, -0.25) is 9.69 Å². The van der Waals surface area contributed by atoms with Crippen molar-refractivity contribution < 1.29 is 18.0 Å². The molecule has 0 aliphatic rings. The molecule has 0 aliphatic carbocycles. The first kappa shape index (κ1) is 15.7. The van der Waals surface area contributed by atoms with Crippen LogP contribution in [0.4, 0.5) is 13.2 Å². The SMILES string of the molecule is Cc1ccc(C(=O)C(C)N(C)CCC(F)(F)F)cc1. The zero-order chi connectivity index (χ0) is 14.6. The van der Waals surface area contributed by atoms with Crippen LogP contribution in [0.1, 0.15) is 29.3 Å². The van der Waals surface area contributed by atoms with Crippen LogP contribution in [0.2, 0.25) is 0 Å². The fraction of sp³-hybridized carbons (Fsp3) is 0.500. The minimum Gasteiger partial charge on any atom is -0.296 e. The number of likely N-dealkylation sites (N-methyl/N-ethyl adjacent to an activating group) is 1. The molecule has 19 heavy (non-hydrogen) atoms. The van der Waals surface area contributed by atoms with E-state index in [-0.39, 0.29) is 12.3 Å². The summed E-state index contributed by atoms with van der Waals surface area (Å²) in [6, 6.07) is 6.47. The number of carbonyl (C=O) groups excluding carboxylic acids is 1. The van der Waals surface area contributed by atoms with Crippen LogP contribution in [0.25, 0.3) is 0 Å². The van der Waals surface area contributed by atoms with Gasteiger partial charge in [-0.2, -0.15) is 13.2 Å². The lowest BCUT2D eigenvalue weighted by atomic mass is 10.0. The highest BCUT2D eigenvalue weighted by Gasteiger charge is 2.29. The van der Waals surface area contributed by atoms with Gasteiger partial charge in [-0.15, -0.1) is 0 Å². The van der Waals surface area contributed by atoms with Gasteiger partial charge in [-0.1, -0.05) is 29.8 Å². The molecule has 0 aliphatic heterocycles. The van der Waals surface area contributed by atoms with Crippen molar-refractivity contribution in [2.75, 3.05) is 13.6 Å². The molecule has 0 fully saturated rings. The molecule has 1 aromatic carbocycles. The Morgan fingerprint density at radius 1 is 1.26 bits per heavy atom. The van der Waals surface area contributed by atoms with Crippen molar-refractivity contribution >= 4 is 5.78 Å². The van der Waals surface area contributed by atoms with Crippen LogP contribution >= 0.6 is 0 Å². The molecule has 0 bridgehead atoms. The van der Waals surface area contributed by atoms with E-state index in [2.05, 4.69) is 0 Å². The number of hydrogen-bond donors (Lipinski definition) is 0. The number of nitrogens with zero attached hydrogens (tertiary/aromatic N) is 1. The first-order valence-corrected chi connectivity index (χ1v) is 6.08. The van der Waals surface area contributed by atoms with E-state index in [0.29, 0.717) is 5.56 Å². The number of halogens is 3. The maximum atomic E-state index is 12.1. The molecule has 0 saturated carbocycles. The highest BCUT2D eigenvalue weighted by Crippen LogP contribution is 2.20. The van der Waals surface area contributed by atoms with E-state index < -0.39 is 18.6 Å². The van der Waals surface area contributed by atoms with Crippen LogP contribution in [0.5, 0.6) is 0 Å². The summed E-state index contributed by atoms with van der Waals surface area (Å²) in [6.07, 6.45) is -5.10. The lowest BCUT2D eigenvalue weighted by Crippen LogP contribution is -2.38. The average Bonchev–Trinajstić information content (AvgIpc) is 2.34. The maximum absolute atomic E-state index is 12.1. The van der Waals surface area contributed by atoms with Crippen molar-refractivity contribution in [1.82, 2.24) is 4.90 Å². The third-order valence-corrected chi connectivity index (χ3v) is 3.12. The lowest BCUT2D eigenvalue weighted by Gasteiger charge is -2.24. The normalized spacial score (nSPS) is 13.6. The fourth-order valence-corrected chi connectivity index (χ4v) is 1.66. The number of alkyl halides is 3. The first-order chi connectivity index (χ1) is 8.70. The predicted molar refractivity (Wildman–Crippen MR) is 68.3 cm³/mol. The largest absolute Gasteiger partial charge is 0.390 e. The number of aryl methyl sites for hydroxylation is 1. The second-order valence-corrected chi connectivity index (χ2v) is 4.75. The Hall–Kier alpha value is -1.36. The van der Waals surface area contributed by atoms with E-state index in [1.165, 1.54) is 11.9 Å². The van der Waals surface area contributed by atoms with Gasteiger partial charge in [0.25, 0.3) is 0 Å². The van der Waals surface area contributed by atoms with Gasteiger partial charge in [0.15, 0.2) is 5.78 Å². The molecule has 0 spiro atoms. The van der Waals surface area contributed by atoms with Crippen LogP contribution in [-0.2, 0) is 0 Å². The zero-order valence-electron chi connectivity index (χ0n) is 11.3. The molecule has 0 radical (unpaired) electrons. The smallest absolute Gasteiger partial charge is 0.296 e. The molecular weight excluding hydrogens is 255 g/mol. The summed E-state index contributed by atoms with van der Waals surface area (Å²) in [6.45, 7) is 3.36. The Morgan fingerprint density at radius 2 is 1.79 bits per heavy atom. The summed E-state index contributed by atoms with van der Waals surface area (Å²) in [5.41, 5.74) is 1.56. The van der Waals surface area contributed by atoms with Crippen molar-refractivity contribution in [2.45, 2.75) is 32.5 Å². The summed E-state index contributed by atoms with van der Waals surface area (Å²) < 4.78 is 36.4. The quantitative estimate of drug-likeness (QED) is 0.766. The third-order valence-electron chi connectivity index (χ3n) is 3.12. The molecule has 0 aromatic heterocycles. The Bertz CT molecular complexity index is 425. The maximum Gasteiger partial charge on any atom is 0.390 e. The summed E-state index contributed by atoms with van der Waals surface area (Å²) in [5.74, 6) is -0.162. The summed E-state index contributed by atoms with van der Waals surface area (Å²) in [7, 11) is 1.53. The van der Waals surface area contributed by atoms with E-state index in [0.717, 1.165) is 5.56 Å². The predicted octanol–water partition coefficient (Wildman–Crippen LogP) is 3.45. The van der Waals surface area contributed by atoms with Crippen LogP contribution in [0.3, 0.4) is 0 Å². The molecule has 106 valence electrons. The lowest BCUT2D eigenvalue weighted by molar-refractivity contribution is -0.137. The Morgan fingerprint density at radius 3 is 2.26 bits per heavy atom. The summed E-state index contributed by atoms with van der Waals surface area (Å²) >= 11 is 0. The number of Topliss-reactive ketones (excluding diaryl/α,β-unsaturated/α-hetero) is 1. The molecule has 1 atom stereocenters. The topological polar surface area (TPSA) is 20.3 Å². The molecule has 2 nitrogen and oxygen atoms in total. The number of benzene rings is 1. The van der Waals surface area contributed by atoms with Crippen molar-refractivity contribution in [3.8, 4) is 0 Å². The van der Waals surface area contributed by atoms with Crippen molar-refractivity contribution in [2.24, 2.45) is 0 Å². The van der Waals surface area contributed by atoms with E-state index in [1.54, 1.807) is 19.1 Å². The van der Waals surface area contributed by atoms with Gasteiger partial charge in [-0.05, 0) is 20.9 Å². The molecular formula is C14H18F3NO. The average molecular weight is 273 g/mol. The third kappa shape index (κ3) is 5.03. The van der Waals surface area contributed by atoms with Crippen LogP contribution in [0, 0.1) is 6.92 Å². The second-order valence-electron chi connectivity index (χ2n) is 4.75. The zero-order valence-corrected chi connectivity index (χ0v) is 11.3. The fourth-order valence-electron chi connectivity index (χ4n) is 1.66. The molecule has 5 heteroatoms. The van der Waals surface area contributed by atoms with E-state index in [9.17, 15) is 18.0 Å². The monoisotopic (exact) mass is 273 g/mol. The van der Waals surface area contributed by atoms with Gasteiger partial charge in [0.1, 0.15) is 0 Å².